The van der Waals surface area contributed by atoms with E-state index < -0.39 is 11.7 Å². The molecule has 2 aromatic rings. The quantitative estimate of drug-likeness (QED) is 0.712. The molecule has 0 radical (unpaired) electrons. The number of nitrogens with zero attached hydrogens (tertiary/aromatic N) is 1. The largest absolute Gasteiger partial charge is 0.416 e. The van der Waals surface area contributed by atoms with Gasteiger partial charge in [-0.3, -0.25) is 9.79 Å². The minimum Gasteiger partial charge on any atom is -0.294 e. The normalized spacial score (nSPS) is 16.1. The molecular formula is C20H18F3NO. The van der Waals surface area contributed by atoms with Crippen LogP contribution in [0.3, 0.4) is 0 Å². The van der Waals surface area contributed by atoms with Gasteiger partial charge in [-0.05, 0) is 43.5 Å². The van der Waals surface area contributed by atoms with Gasteiger partial charge in [0.1, 0.15) is 0 Å². The van der Waals surface area contributed by atoms with Crippen molar-refractivity contribution in [1.82, 2.24) is 0 Å². The highest BCUT2D eigenvalue weighted by atomic mass is 19.4. The molecule has 1 heterocycles. The Bertz CT molecular complexity index is 833. The van der Waals surface area contributed by atoms with Crippen molar-refractivity contribution >= 4 is 11.5 Å². The lowest BCUT2D eigenvalue weighted by molar-refractivity contribution is -0.137. The molecule has 2 aromatic carbocycles. The van der Waals surface area contributed by atoms with Gasteiger partial charge in [-0.1, -0.05) is 36.4 Å². The third-order valence-corrected chi connectivity index (χ3v) is 4.25. The van der Waals surface area contributed by atoms with Crippen molar-refractivity contribution in [2.24, 2.45) is 4.99 Å². The van der Waals surface area contributed by atoms with Crippen LogP contribution in [0.25, 0.3) is 0 Å². The molecule has 25 heavy (non-hydrogen) atoms. The zero-order valence-electron chi connectivity index (χ0n) is 14.0. The second-order valence-corrected chi connectivity index (χ2v) is 6.88. The number of fused-ring (bicyclic) bond motifs is 1. The number of ketones is 1. The molecule has 0 amide bonds. The highest BCUT2D eigenvalue weighted by Crippen LogP contribution is 2.30. The third kappa shape index (κ3) is 3.81. The molecule has 0 N–H and O–H groups in total. The fourth-order valence-electron chi connectivity index (χ4n) is 3.12. The molecule has 0 spiro atoms. The highest BCUT2D eigenvalue weighted by molar-refractivity contribution is 6.16. The fraction of sp³-hybridized carbons (Fsp3) is 0.300. The number of benzene rings is 2. The average molecular weight is 345 g/mol. The van der Waals surface area contributed by atoms with E-state index in [0.29, 0.717) is 5.71 Å². The maximum atomic E-state index is 12.6. The van der Waals surface area contributed by atoms with Gasteiger partial charge in [0.05, 0.1) is 23.2 Å². The van der Waals surface area contributed by atoms with Crippen LogP contribution in [0, 0.1) is 0 Å². The lowest BCUT2D eigenvalue weighted by Crippen LogP contribution is -2.29. The molecule has 0 saturated heterocycles. The van der Waals surface area contributed by atoms with Crippen molar-refractivity contribution in [1.29, 1.82) is 0 Å². The summed E-state index contributed by atoms with van der Waals surface area (Å²) in [7, 11) is 0. The molecule has 5 heteroatoms. The minimum absolute atomic E-state index is 0.0752. The molecule has 0 aliphatic carbocycles. The van der Waals surface area contributed by atoms with E-state index in [0.717, 1.165) is 29.7 Å². The monoisotopic (exact) mass is 345 g/mol. The van der Waals surface area contributed by atoms with Gasteiger partial charge in [0.15, 0.2) is 5.78 Å². The number of halogens is 3. The molecule has 0 aromatic heterocycles. The van der Waals surface area contributed by atoms with Crippen LogP contribution in [0.15, 0.2) is 53.5 Å². The van der Waals surface area contributed by atoms with Crippen LogP contribution >= 0.6 is 0 Å². The molecule has 0 saturated carbocycles. The molecule has 3 rings (SSSR count). The molecule has 2 nitrogen and oxygen atoms in total. The van der Waals surface area contributed by atoms with Gasteiger partial charge < -0.3 is 0 Å². The number of carbonyl (C=O) groups excluding carboxylic acids is 1. The van der Waals surface area contributed by atoms with Crippen LogP contribution in [-0.2, 0) is 12.6 Å². The summed E-state index contributed by atoms with van der Waals surface area (Å²) >= 11 is 0. The Morgan fingerprint density at radius 3 is 2.36 bits per heavy atom. The Kier molecular flexibility index (Phi) is 4.27. The molecule has 0 bridgehead atoms. The lowest BCUT2D eigenvalue weighted by Gasteiger charge is -2.29. The molecule has 0 unspecified atom stereocenters. The number of rotatable bonds is 3. The lowest BCUT2D eigenvalue weighted by atomic mass is 9.85. The van der Waals surface area contributed by atoms with Crippen molar-refractivity contribution in [3.63, 3.8) is 0 Å². The topological polar surface area (TPSA) is 29.4 Å². The molecular weight excluding hydrogens is 327 g/mol. The Labute approximate surface area is 144 Å². The highest BCUT2D eigenvalue weighted by Gasteiger charge is 2.31. The van der Waals surface area contributed by atoms with E-state index in [1.54, 1.807) is 0 Å². The van der Waals surface area contributed by atoms with Crippen LogP contribution in [0.2, 0.25) is 0 Å². The van der Waals surface area contributed by atoms with Gasteiger partial charge in [-0.25, -0.2) is 0 Å². The van der Waals surface area contributed by atoms with E-state index >= 15 is 0 Å². The standard InChI is InChI=1S/C20H18F3NO/c1-19(2)12-14-5-3-4-6-16(14)17(24-19)11-18(25)13-7-9-15(10-8-13)20(21,22)23/h3-10H,11-12H2,1-2H3. The molecule has 0 fully saturated rings. The van der Waals surface area contributed by atoms with Crippen LogP contribution in [0.5, 0.6) is 0 Å². The molecule has 1 aliphatic heterocycles. The average Bonchev–Trinajstić information content (AvgIpc) is 2.53. The number of alkyl halides is 3. The number of aliphatic imine (C=N–C) groups is 1. The third-order valence-electron chi connectivity index (χ3n) is 4.25. The maximum Gasteiger partial charge on any atom is 0.416 e. The van der Waals surface area contributed by atoms with Gasteiger partial charge in [0.2, 0.25) is 0 Å². The van der Waals surface area contributed by atoms with Gasteiger partial charge in [-0.15, -0.1) is 0 Å². The first-order valence-corrected chi connectivity index (χ1v) is 8.03. The van der Waals surface area contributed by atoms with E-state index in [2.05, 4.69) is 0 Å². The summed E-state index contributed by atoms with van der Waals surface area (Å²) in [5.74, 6) is -0.236. The number of carbonyl (C=O) groups is 1. The van der Waals surface area contributed by atoms with Gasteiger partial charge in [0, 0.05) is 5.56 Å². The Balaban J connectivity index is 1.86. The summed E-state index contributed by atoms with van der Waals surface area (Å²) in [6.45, 7) is 4.01. The maximum absolute atomic E-state index is 12.6. The predicted molar refractivity (Wildman–Crippen MR) is 91.2 cm³/mol. The van der Waals surface area contributed by atoms with E-state index in [-0.39, 0.29) is 23.3 Å². The number of hydrogen-bond acceptors (Lipinski definition) is 2. The first kappa shape index (κ1) is 17.4. The first-order valence-electron chi connectivity index (χ1n) is 8.03. The van der Waals surface area contributed by atoms with Crippen molar-refractivity contribution in [3.05, 3.63) is 70.8 Å². The summed E-state index contributed by atoms with van der Waals surface area (Å²) in [6, 6.07) is 12.1. The van der Waals surface area contributed by atoms with Gasteiger partial charge in [0.25, 0.3) is 0 Å². The van der Waals surface area contributed by atoms with E-state index in [9.17, 15) is 18.0 Å². The summed E-state index contributed by atoms with van der Waals surface area (Å²) in [5.41, 5.74) is 1.98. The van der Waals surface area contributed by atoms with Crippen LogP contribution in [-0.4, -0.2) is 17.0 Å². The summed E-state index contributed by atoms with van der Waals surface area (Å²) in [5, 5.41) is 0. The number of Topliss-reactive ketones (excluding diaryl/α,β-unsaturated/α-hetero) is 1. The minimum atomic E-state index is -4.40. The second-order valence-electron chi connectivity index (χ2n) is 6.88. The summed E-state index contributed by atoms with van der Waals surface area (Å²) < 4.78 is 37.9. The Morgan fingerprint density at radius 2 is 1.72 bits per heavy atom. The molecule has 1 aliphatic rings. The smallest absolute Gasteiger partial charge is 0.294 e. The summed E-state index contributed by atoms with van der Waals surface area (Å²) in [4.78, 5) is 17.2. The second kappa shape index (κ2) is 6.14. The molecule has 0 atom stereocenters. The van der Waals surface area contributed by atoms with Crippen LogP contribution < -0.4 is 0 Å². The SMILES string of the molecule is CC1(C)Cc2ccccc2C(CC(=O)c2ccc(C(F)(F)F)cc2)=N1. The Hall–Kier alpha value is -2.43. The van der Waals surface area contributed by atoms with E-state index in [1.165, 1.54) is 12.1 Å². The predicted octanol–water partition coefficient (Wildman–Crippen LogP) is 5.10. The van der Waals surface area contributed by atoms with Crippen molar-refractivity contribution in [2.75, 3.05) is 0 Å². The van der Waals surface area contributed by atoms with Gasteiger partial charge >= 0.3 is 6.18 Å². The number of hydrogen-bond donors (Lipinski definition) is 0. The van der Waals surface area contributed by atoms with E-state index in [4.69, 9.17) is 4.99 Å². The van der Waals surface area contributed by atoms with Crippen molar-refractivity contribution in [2.45, 2.75) is 38.4 Å². The zero-order chi connectivity index (χ0) is 18.2. The molecule has 130 valence electrons. The van der Waals surface area contributed by atoms with Crippen molar-refractivity contribution < 1.29 is 18.0 Å². The van der Waals surface area contributed by atoms with E-state index in [1.807, 2.05) is 38.1 Å². The fourth-order valence-corrected chi connectivity index (χ4v) is 3.12. The zero-order valence-corrected chi connectivity index (χ0v) is 14.0. The van der Waals surface area contributed by atoms with Crippen molar-refractivity contribution in [3.8, 4) is 0 Å². The first-order chi connectivity index (χ1) is 11.7. The van der Waals surface area contributed by atoms with Gasteiger partial charge in [-0.2, -0.15) is 13.2 Å². The van der Waals surface area contributed by atoms with Crippen LogP contribution in [0.1, 0.15) is 47.3 Å². The summed E-state index contributed by atoms with van der Waals surface area (Å²) in [6.07, 6.45) is -3.54. The van der Waals surface area contributed by atoms with Crippen LogP contribution in [0.4, 0.5) is 13.2 Å². The Morgan fingerprint density at radius 1 is 1.08 bits per heavy atom.